The van der Waals surface area contributed by atoms with E-state index >= 15 is 0 Å². The van der Waals surface area contributed by atoms with Crippen molar-refractivity contribution in [1.29, 1.82) is 0 Å². The molecule has 0 spiro atoms. The van der Waals surface area contributed by atoms with Gasteiger partial charge in [-0.15, -0.1) is 12.6 Å². The van der Waals surface area contributed by atoms with Crippen LogP contribution in [0.5, 0.6) is 0 Å². The summed E-state index contributed by atoms with van der Waals surface area (Å²) in [7, 11) is 0. The molecule has 0 bridgehead atoms. The number of rotatable bonds is 1. The quantitative estimate of drug-likeness (QED) is 0.527. The van der Waals surface area contributed by atoms with Crippen molar-refractivity contribution in [3.63, 3.8) is 0 Å². The number of hydrogen-bond donors (Lipinski definition) is 1. The first-order valence-electron chi connectivity index (χ1n) is 3.10. The molecule has 0 fully saturated rings. The molecular formula is C8H7ClOS. The molecular weight excluding hydrogens is 180 g/mol. The number of benzene rings is 1. The first-order valence-corrected chi connectivity index (χ1v) is 3.92. The minimum atomic E-state index is 0.00259. The van der Waals surface area contributed by atoms with Gasteiger partial charge < -0.3 is 0 Å². The molecule has 1 aromatic carbocycles. The van der Waals surface area contributed by atoms with E-state index < -0.39 is 0 Å². The molecule has 1 rings (SSSR count). The Hall–Kier alpha value is -0.470. The van der Waals surface area contributed by atoms with E-state index in [1.807, 2.05) is 0 Å². The highest BCUT2D eigenvalue weighted by molar-refractivity contribution is 7.80. The lowest BCUT2D eigenvalue weighted by atomic mass is 10.1. The Labute approximate surface area is 75.8 Å². The zero-order chi connectivity index (χ0) is 8.43. The second kappa shape index (κ2) is 3.28. The third-order valence-electron chi connectivity index (χ3n) is 1.29. The fraction of sp³-hybridized carbons (Fsp3) is 0.125. The summed E-state index contributed by atoms with van der Waals surface area (Å²) in [5, 5.41) is 0.544. The maximum absolute atomic E-state index is 10.9. The Morgan fingerprint density at radius 1 is 1.45 bits per heavy atom. The molecule has 1 aromatic rings. The average Bonchev–Trinajstić information content (AvgIpc) is 1.85. The molecule has 1 nitrogen and oxygen atoms in total. The van der Waals surface area contributed by atoms with Gasteiger partial charge in [0, 0.05) is 15.5 Å². The summed E-state index contributed by atoms with van der Waals surface area (Å²) in [4.78, 5) is 11.6. The number of carbonyl (C=O) groups is 1. The molecule has 0 aliphatic heterocycles. The standard InChI is InChI=1S/C8H7ClOS/c1-5(10)6-2-7(9)4-8(11)3-6/h2-4,11H,1H3. The summed E-state index contributed by atoms with van der Waals surface area (Å²) in [6, 6.07) is 5.01. The van der Waals surface area contributed by atoms with Crippen molar-refractivity contribution in [3.8, 4) is 0 Å². The number of thiol groups is 1. The van der Waals surface area contributed by atoms with Gasteiger partial charge in [-0.1, -0.05) is 11.6 Å². The topological polar surface area (TPSA) is 17.1 Å². The third-order valence-corrected chi connectivity index (χ3v) is 1.77. The van der Waals surface area contributed by atoms with E-state index in [9.17, 15) is 4.79 Å². The van der Waals surface area contributed by atoms with Gasteiger partial charge in [-0.2, -0.15) is 0 Å². The van der Waals surface area contributed by atoms with Gasteiger partial charge in [-0.05, 0) is 25.1 Å². The van der Waals surface area contributed by atoms with Crippen molar-refractivity contribution in [2.24, 2.45) is 0 Å². The molecule has 0 amide bonds. The first kappa shape index (κ1) is 8.62. The summed E-state index contributed by atoms with van der Waals surface area (Å²) >= 11 is 9.77. The van der Waals surface area contributed by atoms with Crippen LogP contribution in [0.3, 0.4) is 0 Å². The van der Waals surface area contributed by atoms with Gasteiger partial charge >= 0.3 is 0 Å². The maximum Gasteiger partial charge on any atom is 0.159 e. The van der Waals surface area contributed by atoms with E-state index in [1.165, 1.54) is 6.92 Å². The summed E-state index contributed by atoms with van der Waals surface area (Å²) in [6.45, 7) is 1.50. The molecule has 0 radical (unpaired) electrons. The molecule has 0 unspecified atom stereocenters. The highest BCUT2D eigenvalue weighted by Gasteiger charge is 2.00. The number of ketones is 1. The van der Waals surface area contributed by atoms with Crippen LogP contribution in [-0.2, 0) is 0 Å². The van der Waals surface area contributed by atoms with Crippen molar-refractivity contribution < 1.29 is 4.79 Å². The molecule has 11 heavy (non-hydrogen) atoms. The van der Waals surface area contributed by atoms with Crippen molar-refractivity contribution in [2.45, 2.75) is 11.8 Å². The third kappa shape index (κ3) is 2.24. The van der Waals surface area contributed by atoms with Crippen molar-refractivity contribution in [2.75, 3.05) is 0 Å². The molecule has 0 aliphatic carbocycles. The largest absolute Gasteiger partial charge is 0.295 e. The fourth-order valence-corrected chi connectivity index (χ4v) is 1.37. The van der Waals surface area contributed by atoms with Crippen LogP contribution in [0.25, 0.3) is 0 Å². The van der Waals surface area contributed by atoms with E-state index in [-0.39, 0.29) is 5.78 Å². The summed E-state index contributed by atoms with van der Waals surface area (Å²) in [5.74, 6) is 0.00259. The second-order valence-corrected chi connectivity index (χ2v) is 3.21. The number of Topliss-reactive ketones (excluding diaryl/α,β-unsaturated/α-hetero) is 1. The van der Waals surface area contributed by atoms with Gasteiger partial charge in [-0.25, -0.2) is 0 Å². The normalized spacial score (nSPS) is 9.73. The number of carbonyl (C=O) groups excluding carboxylic acids is 1. The Kier molecular flexibility index (Phi) is 2.58. The van der Waals surface area contributed by atoms with E-state index in [4.69, 9.17) is 11.6 Å². The molecule has 0 heterocycles. The molecule has 0 aromatic heterocycles. The van der Waals surface area contributed by atoms with E-state index in [1.54, 1.807) is 18.2 Å². The van der Waals surface area contributed by atoms with Crippen LogP contribution in [-0.4, -0.2) is 5.78 Å². The molecule has 0 atom stereocenters. The predicted octanol–water partition coefficient (Wildman–Crippen LogP) is 2.83. The molecule has 0 saturated heterocycles. The van der Waals surface area contributed by atoms with Crippen LogP contribution in [0.1, 0.15) is 17.3 Å². The van der Waals surface area contributed by atoms with Gasteiger partial charge in [0.1, 0.15) is 0 Å². The van der Waals surface area contributed by atoms with Crippen LogP contribution in [0.2, 0.25) is 5.02 Å². The van der Waals surface area contributed by atoms with Crippen molar-refractivity contribution in [3.05, 3.63) is 28.8 Å². The average molecular weight is 187 g/mol. The van der Waals surface area contributed by atoms with Gasteiger partial charge in [0.05, 0.1) is 0 Å². The molecule has 0 N–H and O–H groups in total. The van der Waals surface area contributed by atoms with Crippen LogP contribution in [0.4, 0.5) is 0 Å². The first-order chi connectivity index (χ1) is 5.09. The number of halogens is 1. The van der Waals surface area contributed by atoms with E-state index in [0.717, 1.165) is 0 Å². The molecule has 58 valence electrons. The van der Waals surface area contributed by atoms with Crippen LogP contribution in [0, 0.1) is 0 Å². The van der Waals surface area contributed by atoms with Gasteiger partial charge in [-0.3, -0.25) is 4.79 Å². The zero-order valence-electron chi connectivity index (χ0n) is 5.97. The highest BCUT2D eigenvalue weighted by Crippen LogP contribution is 2.17. The molecule has 3 heteroatoms. The Balaban J connectivity index is 3.19. The van der Waals surface area contributed by atoms with Crippen molar-refractivity contribution in [1.82, 2.24) is 0 Å². The minimum absolute atomic E-state index is 0.00259. The molecule has 0 saturated carbocycles. The summed E-state index contributed by atoms with van der Waals surface area (Å²) in [6.07, 6.45) is 0. The van der Waals surface area contributed by atoms with E-state index in [2.05, 4.69) is 12.6 Å². The van der Waals surface area contributed by atoms with Crippen LogP contribution >= 0.6 is 24.2 Å². The lowest BCUT2D eigenvalue weighted by Gasteiger charge is -1.97. The van der Waals surface area contributed by atoms with E-state index in [0.29, 0.717) is 15.5 Å². The van der Waals surface area contributed by atoms with Gasteiger partial charge in [0.25, 0.3) is 0 Å². The minimum Gasteiger partial charge on any atom is -0.295 e. The smallest absolute Gasteiger partial charge is 0.159 e. The predicted molar refractivity (Wildman–Crippen MR) is 48.7 cm³/mol. The maximum atomic E-state index is 10.9. The summed E-state index contributed by atoms with van der Waals surface area (Å²) < 4.78 is 0. The lowest BCUT2D eigenvalue weighted by Crippen LogP contribution is -1.90. The Morgan fingerprint density at radius 3 is 2.55 bits per heavy atom. The Morgan fingerprint density at radius 2 is 2.09 bits per heavy atom. The lowest BCUT2D eigenvalue weighted by molar-refractivity contribution is 0.101. The highest BCUT2D eigenvalue weighted by atomic mass is 35.5. The zero-order valence-corrected chi connectivity index (χ0v) is 7.62. The summed E-state index contributed by atoms with van der Waals surface area (Å²) in [5.41, 5.74) is 0.600. The Bertz CT molecular complexity index is 276. The number of hydrogen-bond acceptors (Lipinski definition) is 2. The van der Waals surface area contributed by atoms with Crippen molar-refractivity contribution >= 4 is 30.0 Å². The second-order valence-electron chi connectivity index (χ2n) is 2.25. The fourth-order valence-electron chi connectivity index (χ4n) is 0.777. The monoisotopic (exact) mass is 186 g/mol. The molecule has 0 aliphatic rings. The van der Waals surface area contributed by atoms with Crippen LogP contribution < -0.4 is 0 Å². The van der Waals surface area contributed by atoms with Crippen LogP contribution in [0.15, 0.2) is 23.1 Å². The van der Waals surface area contributed by atoms with Gasteiger partial charge in [0.2, 0.25) is 0 Å². The van der Waals surface area contributed by atoms with Gasteiger partial charge in [0.15, 0.2) is 5.78 Å². The SMILES string of the molecule is CC(=O)c1cc(S)cc(Cl)c1.